The molecular weight excluding hydrogens is 738 g/mol. The normalized spacial score (nSPS) is 11.8. The van der Waals surface area contributed by atoms with Gasteiger partial charge in [-0.3, -0.25) is 0 Å². The Bertz CT molecular complexity index is 1140. The van der Waals surface area contributed by atoms with Crippen molar-refractivity contribution in [2.75, 3.05) is 24.6 Å². The van der Waals surface area contributed by atoms with E-state index >= 15 is 0 Å². The van der Waals surface area contributed by atoms with Gasteiger partial charge in [0.25, 0.3) is 0 Å². The van der Waals surface area contributed by atoms with Crippen molar-refractivity contribution in [1.82, 2.24) is 0 Å². The van der Waals surface area contributed by atoms with Crippen molar-refractivity contribution in [2.45, 2.75) is 234 Å². The summed E-state index contributed by atoms with van der Waals surface area (Å²) in [5.41, 5.74) is 4.38. The van der Waals surface area contributed by atoms with Gasteiger partial charge in [0.05, 0.1) is 30.8 Å². The van der Waals surface area contributed by atoms with Gasteiger partial charge < -0.3 is 0 Å². The zero-order valence-corrected chi connectivity index (χ0v) is 41.8. The van der Waals surface area contributed by atoms with E-state index in [1.54, 1.807) is 50.3 Å². The van der Waals surface area contributed by atoms with Gasteiger partial charge in [0.1, 0.15) is 0 Å². The van der Waals surface area contributed by atoms with E-state index in [0.717, 1.165) is 0 Å². The largest absolute Gasteiger partial charge is 0.200 e. The first-order valence-corrected chi connectivity index (χ1v) is 29.3. The van der Waals surface area contributed by atoms with Crippen LogP contribution in [0.1, 0.15) is 227 Å². The van der Waals surface area contributed by atoms with Crippen molar-refractivity contribution in [3.63, 3.8) is 0 Å². The first kappa shape index (κ1) is 54.3. The molecule has 3 rings (SSSR count). The van der Waals surface area contributed by atoms with Crippen LogP contribution in [0.4, 0.5) is 0 Å². The molecule has 0 aromatic heterocycles. The number of benzene rings is 3. The Hall–Kier alpha value is -1.85. The molecule has 0 fully saturated rings. The summed E-state index contributed by atoms with van der Waals surface area (Å²) in [5.74, 6) is 0. The molecule has 0 bridgehead atoms. The highest BCUT2D eigenvalue weighted by Gasteiger charge is 2.35. The Kier molecular flexibility index (Phi) is 34.1. The van der Waals surface area contributed by atoms with Crippen molar-refractivity contribution in [3.05, 3.63) is 91.0 Å². The van der Waals surface area contributed by atoms with Gasteiger partial charge in [-0.25, -0.2) is 0 Å². The van der Waals surface area contributed by atoms with Crippen molar-refractivity contribution >= 4 is 29.8 Å². The van der Waals surface area contributed by atoms with Crippen LogP contribution in [-0.4, -0.2) is 30.8 Å². The maximum atomic E-state index is 2.35. The van der Waals surface area contributed by atoms with Crippen molar-refractivity contribution in [1.29, 1.82) is 0 Å². The molecule has 3 aromatic rings. The first-order valence-electron chi connectivity index (χ1n) is 26.8. The standard InChI is InChI=1S/C32H68P.C26H32B/c1-5-9-13-17-21-25-29-33(30-26-22-18-14-10-6-2,31-27-23-19-15-11-7-3)32-28-24-20-16-12-8-4;1-2-3-4-5-6-16-23-27(24-17-10-7-11-18-24,25-19-12-8-13-20-25)26-21-14-9-15-22-26/h5-32H2,1-4H3;7-15,17-22H,2-6,16,23H2,1H3/q+1;-1. The van der Waals surface area contributed by atoms with E-state index in [-0.39, 0.29) is 0 Å². The summed E-state index contributed by atoms with van der Waals surface area (Å²) in [6, 6.07) is 33.5. The smallest absolute Gasteiger partial charge is 0.0814 e. The van der Waals surface area contributed by atoms with Crippen molar-refractivity contribution < 1.29 is 0 Å². The SMILES string of the molecule is CCCCCCCC[B-](c1ccccc1)(c1ccccc1)c1ccccc1.CCCCCCCC[P+](CCCCCCCC)(CCCCCCCC)CCCCCCCC. The quantitative estimate of drug-likeness (QED) is 0.0306. The fourth-order valence-electron chi connectivity index (χ4n) is 10.2. The maximum Gasteiger partial charge on any atom is 0.0814 e. The van der Waals surface area contributed by atoms with E-state index in [9.17, 15) is 0 Å². The summed E-state index contributed by atoms with van der Waals surface area (Å²) in [4.78, 5) is 0. The van der Waals surface area contributed by atoms with Gasteiger partial charge in [-0.2, -0.15) is 22.7 Å². The second-order valence-corrected chi connectivity index (χ2v) is 23.6. The van der Waals surface area contributed by atoms with Crippen LogP contribution in [0, 0.1) is 0 Å². The molecule has 0 saturated carbocycles. The lowest BCUT2D eigenvalue weighted by atomic mass is 9.14. The molecule has 60 heavy (non-hydrogen) atoms. The monoisotopic (exact) mass is 839 g/mol. The summed E-state index contributed by atoms with van der Waals surface area (Å²) < 4.78 is 0. The molecule has 0 spiro atoms. The maximum absolute atomic E-state index is 2.35. The van der Waals surface area contributed by atoms with E-state index in [2.05, 4.69) is 126 Å². The molecule has 340 valence electrons. The van der Waals surface area contributed by atoms with Gasteiger partial charge >= 0.3 is 0 Å². The van der Waals surface area contributed by atoms with Crippen LogP contribution in [-0.2, 0) is 0 Å². The van der Waals surface area contributed by atoms with E-state index in [1.807, 2.05) is 0 Å². The average molecular weight is 839 g/mol. The van der Waals surface area contributed by atoms with Crippen LogP contribution in [0.2, 0.25) is 6.32 Å². The van der Waals surface area contributed by atoms with E-state index in [0.29, 0.717) is 0 Å². The van der Waals surface area contributed by atoms with E-state index in [1.165, 1.54) is 190 Å². The molecule has 0 N–H and O–H groups in total. The highest BCUT2D eigenvalue weighted by Crippen LogP contribution is 2.61. The molecule has 0 nitrogen and oxygen atoms in total. The molecule has 0 unspecified atom stereocenters. The van der Waals surface area contributed by atoms with Crippen LogP contribution >= 0.6 is 7.26 Å². The fourth-order valence-corrected chi connectivity index (χ4v) is 15.2. The molecule has 0 saturated heterocycles. The van der Waals surface area contributed by atoms with Gasteiger partial charge in [-0.05, 0) is 51.4 Å². The first-order chi connectivity index (χ1) is 29.6. The van der Waals surface area contributed by atoms with Gasteiger partial charge in [-0.15, -0.1) is 0 Å². The predicted molar refractivity (Wildman–Crippen MR) is 282 cm³/mol. The minimum atomic E-state index is -0.938. The Balaban J connectivity index is 0.000000420. The molecule has 0 aliphatic heterocycles. The molecular formula is C58H100BP. The number of hydrogen-bond acceptors (Lipinski definition) is 0. The number of hydrogen-bond donors (Lipinski definition) is 0. The molecule has 2 heteroatoms. The lowest BCUT2D eigenvalue weighted by Gasteiger charge is -2.43. The summed E-state index contributed by atoms with van der Waals surface area (Å²) in [6.45, 7) is 11.7. The van der Waals surface area contributed by atoms with E-state index < -0.39 is 13.4 Å². The minimum absolute atomic E-state index is 0.718. The molecule has 0 heterocycles. The highest BCUT2D eigenvalue weighted by molar-refractivity contribution is 7.75. The molecule has 0 atom stereocenters. The average Bonchev–Trinajstić information content (AvgIpc) is 3.29. The molecule has 3 aromatic carbocycles. The Morgan fingerprint density at radius 2 is 0.483 bits per heavy atom. The summed E-state index contributed by atoms with van der Waals surface area (Å²) in [6.07, 6.45) is 50.4. The van der Waals surface area contributed by atoms with Crippen LogP contribution in [0.25, 0.3) is 0 Å². The van der Waals surface area contributed by atoms with Gasteiger partial charge in [0.15, 0.2) is 0 Å². The second kappa shape index (κ2) is 37.7. The van der Waals surface area contributed by atoms with Crippen molar-refractivity contribution in [3.8, 4) is 0 Å². The third-order valence-corrected chi connectivity index (χ3v) is 19.1. The topological polar surface area (TPSA) is 0 Å². The highest BCUT2D eigenvalue weighted by atomic mass is 31.2. The van der Waals surface area contributed by atoms with Gasteiger partial charge in [0, 0.05) is 7.26 Å². The third-order valence-electron chi connectivity index (χ3n) is 14.0. The molecule has 0 radical (unpaired) electrons. The van der Waals surface area contributed by atoms with Gasteiger partial charge in [0.2, 0.25) is 0 Å². The summed E-state index contributed by atoms with van der Waals surface area (Å²) in [7, 11) is -0.718. The van der Waals surface area contributed by atoms with Crippen LogP contribution in [0.15, 0.2) is 91.0 Å². The predicted octanol–water partition coefficient (Wildman–Crippen LogP) is 18.0. The zero-order valence-electron chi connectivity index (χ0n) is 40.9. The Morgan fingerprint density at radius 3 is 0.733 bits per heavy atom. The van der Waals surface area contributed by atoms with Crippen LogP contribution in [0.3, 0.4) is 0 Å². The lowest BCUT2D eigenvalue weighted by molar-refractivity contribution is 0.610. The summed E-state index contributed by atoms with van der Waals surface area (Å²) in [5, 5.41) is 0. The fraction of sp³-hybridized carbons (Fsp3) is 0.690. The Labute approximate surface area is 377 Å². The van der Waals surface area contributed by atoms with Crippen molar-refractivity contribution in [2.24, 2.45) is 0 Å². The van der Waals surface area contributed by atoms with Gasteiger partial charge in [-0.1, -0.05) is 267 Å². The molecule has 0 aliphatic carbocycles. The molecule has 0 amide bonds. The Morgan fingerprint density at radius 1 is 0.267 bits per heavy atom. The van der Waals surface area contributed by atoms with E-state index in [4.69, 9.17) is 0 Å². The number of rotatable bonds is 38. The number of unbranched alkanes of at least 4 members (excludes halogenated alkanes) is 25. The lowest BCUT2D eigenvalue weighted by Crippen LogP contribution is -2.66. The third kappa shape index (κ3) is 23.6. The second-order valence-electron chi connectivity index (χ2n) is 19.1. The van der Waals surface area contributed by atoms with Crippen LogP contribution in [0.5, 0.6) is 0 Å². The minimum Gasteiger partial charge on any atom is -0.200 e. The summed E-state index contributed by atoms with van der Waals surface area (Å²) >= 11 is 0. The van der Waals surface area contributed by atoms with Crippen LogP contribution < -0.4 is 16.4 Å². The molecule has 0 aliphatic rings. The zero-order chi connectivity index (χ0) is 43.1.